The average Bonchev–Trinajstić information content (AvgIpc) is 2.82. The number of aromatic hydroxyl groups is 1. The normalized spacial score (nSPS) is 16.2. The molecule has 1 unspecified atom stereocenters. The monoisotopic (exact) mass is 491 g/mol. The van der Waals surface area contributed by atoms with Gasteiger partial charge in [-0.1, -0.05) is 24.3 Å². The lowest BCUT2D eigenvalue weighted by atomic mass is 9.76. The first-order valence-corrected chi connectivity index (χ1v) is 11.6. The molecule has 1 aliphatic rings. The first kappa shape index (κ1) is 25.1. The van der Waals surface area contributed by atoms with Gasteiger partial charge in [0.05, 0.1) is 6.61 Å². The first-order valence-electron chi connectivity index (χ1n) is 11.6. The first-order chi connectivity index (χ1) is 17.1. The molecule has 1 amide bonds. The Bertz CT molecular complexity index is 1280. The molecule has 8 heteroatoms. The standard InChI is InChI=1S/C28H29NO7/c1-27(2,3)36-26(32)29-13-6-14-34-20-10-12-23-25(16-20)35-24-15-19(31)9-11-22(24)28(23,33)21-8-5-4-7-18(21)17-30/h4-5,7-12,15-17,31,33H,6,13-14H2,1-3H3,(H,29,32). The van der Waals surface area contributed by atoms with E-state index in [0.29, 0.717) is 59.6 Å². The summed E-state index contributed by atoms with van der Waals surface area (Å²) in [7, 11) is 0. The Labute approximate surface area is 209 Å². The number of aldehydes is 1. The van der Waals surface area contributed by atoms with Gasteiger partial charge < -0.3 is 29.7 Å². The minimum Gasteiger partial charge on any atom is -0.508 e. The molecule has 0 fully saturated rings. The Kier molecular flexibility index (Phi) is 6.90. The van der Waals surface area contributed by atoms with Crippen LogP contribution in [0.3, 0.4) is 0 Å². The number of rotatable bonds is 7. The zero-order valence-electron chi connectivity index (χ0n) is 20.4. The van der Waals surface area contributed by atoms with Crippen molar-refractivity contribution in [1.29, 1.82) is 0 Å². The van der Waals surface area contributed by atoms with Gasteiger partial charge in [-0.05, 0) is 51.5 Å². The van der Waals surface area contributed by atoms with E-state index in [2.05, 4.69) is 5.32 Å². The molecule has 4 rings (SSSR count). The second kappa shape index (κ2) is 9.91. The summed E-state index contributed by atoms with van der Waals surface area (Å²) in [4.78, 5) is 23.5. The van der Waals surface area contributed by atoms with Gasteiger partial charge in [0.2, 0.25) is 0 Å². The lowest BCUT2D eigenvalue weighted by Crippen LogP contribution is -2.33. The second-order valence-corrected chi connectivity index (χ2v) is 9.49. The molecule has 188 valence electrons. The summed E-state index contributed by atoms with van der Waals surface area (Å²) in [5.41, 5.74) is -0.668. The Hall–Kier alpha value is -4.04. The van der Waals surface area contributed by atoms with E-state index in [1.165, 1.54) is 12.1 Å². The molecule has 3 N–H and O–H groups in total. The molecular weight excluding hydrogens is 462 g/mol. The molecule has 0 bridgehead atoms. The van der Waals surface area contributed by atoms with E-state index in [9.17, 15) is 19.8 Å². The van der Waals surface area contributed by atoms with Crippen molar-refractivity contribution < 1.29 is 34.0 Å². The highest BCUT2D eigenvalue weighted by atomic mass is 16.6. The number of ether oxygens (including phenoxy) is 3. The van der Waals surface area contributed by atoms with Crippen LogP contribution < -0.4 is 14.8 Å². The number of carbonyl (C=O) groups is 2. The fourth-order valence-corrected chi connectivity index (χ4v) is 4.12. The number of fused-ring (bicyclic) bond motifs is 2. The highest BCUT2D eigenvalue weighted by Gasteiger charge is 2.43. The molecule has 8 nitrogen and oxygen atoms in total. The van der Waals surface area contributed by atoms with Crippen molar-refractivity contribution in [2.24, 2.45) is 0 Å². The van der Waals surface area contributed by atoms with Crippen LogP contribution in [0.2, 0.25) is 0 Å². The number of nitrogens with one attached hydrogen (secondary N) is 1. The number of hydrogen-bond donors (Lipinski definition) is 3. The van der Waals surface area contributed by atoms with Gasteiger partial charge in [-0.3, -0.25) is 4.79 Å². The number of carbonyl (C=O) groups excluding carboxylic acids is 2. The van der Waals surface area contributed by atoms with E-state index in [1.807, 2.05) is 0 Å². The molecular formula is C28H29NO7. The molecule has 0 aromatic heterocycles. The van der Waals surface area contributed by atoms with Gasteiger partial charge in [-0.2, -0.15) is 0 Å². The van der Waals surface area contributed by atoms with Crippen LogP contribution in [0, 0.1) is 0 Å². The van der Waals surface area contributed by atoms with Crippen LogP contribution in [-0.2, 0) is 10.3 Å². The molecule has 0 spiro atoms. The van der Waals surface area contributed by atoms with E-state index in [4.69, 9.17) is 14.2 Å². The molecule has 1 aliphatic heterocycles. The SMILES string of the molecule is CC(C)(C)OC(=O)NCCCOc1ccc2c(c1)Oc1cc(O)ccc1C2(O)c1ccccc1C=O. The van der Waals surface area contributed by atoms with Crippen LogP contribution in [0.4, 0.5) is 4.79 Å². The third-order valence-electron chi connectivity index (χ3n) is 5.65. The number of hydrogen-bond acceptors (Lipinski definition) is 7. The van der Waals surface area contributed by atoms with Crippen molar-refractivity contribution >= 4 is 12.4 Å². The summed E-state index contributed by atoms with van der Waals surface area (Å²) >= 11 is 0. The number of benzene rings is 3. The summed E-state index contributed by atoms with van der Waals surface area (Å²) in [6.45, 7) is 6.10. The van der Waals surface area contributed by atoms with Gasteiger partial charge in [0, 0.05) is 40.9 Å². The fraction of sp³-hybridized carbons (Fsp3) is 0.286. The molecule has 1 atom stereocenters. The fourth-order valence-electron chi connectivity index (χ4n) is 4.12. The highest BCUT2D eigenvalue weighted by Crippen LogP contribution is 2.52. The van der Waals surface area contributed by atoms with Gasteiger partial charge >= 0.3 is 6.09 Å². The predicted molar refractivity (Wildman–Crippen MR) is 133 cm³/mol. The zero-order valence-corrected chi connectivity index (χ0v) is 20.4. The smallest absolute Gasteiger partial charge is 0.407 e. The second-order valence-electron chi connectivity index (χ2n) is 9.49. The van der Waals surface area contributed by atoms with E-state index in [1.54, 1.807) is 69.3 Å². The predicted octanol–water partition coefficient (Wildman–Crippen LogP) is 4.89. The largest absolute Gasteiger partial charge is 0.508 e. The highest BCUT2D eigenvalue weighted by molar-refractivity contribution is 5.80. The van der Waals surface area contributed by atoms with Crippen LogP contribution in [0.1, 0.15) is 54.2 Å². The van der Waals surface area contributed by atoms with Crippen LogP contribution >= 0.6 is 0 Å². The number of phenols is 1. The van der Waals surface area contributed by atoms with Crippen LogP contribution in [0.15, 0.2) is 60.7 Å². The van der Waals surface area contributed by atoms with E-state index in [0.717, 1.165) is 0 Å². The molecule has 0 saturated heterocycles. The quantitative estimate of drug-likeness (QED) is 0.319. The number of alkyl carbamates (subject to hydrolysis) is 1. The molecule has 3 aromatic rings. The van der Waals surface area contributed by atoms with E-state index >= 15 is 0 Å². The average molecular weight is 492 g/mol. The zero-order chi connectivity index (χ0) is 25.9. The lowest BCUT2D eigenvalue weighted by molar-refractivity contribution is 0.0525. The van der Waals surface area contributed by atoms with Crippen molar-refractivity contribution in [3.63, 3.8) is 0 Å². The van der Waals surface area contributed by atoms with Gasteiger partial charge in [0.15, 0.2) is 0 Å². The maximum Gasteiger partial charge on any atom is 0.407 e. The van der Waals surface area contributed by atoms with Crippen molar-refractivity contribution in [1.82, 2.24) is 5.32 Å². The maximum atomic E-state index is 12.1. The summed E-state index contributed by atoms with van der Waals surface area (Å²) < 4.78 is 17.1. The molecule has 1 heterocycles. The molecule has 36 heavy (non-hydrogen) atoms. The topological polar surface area (TPSA) is 114 Å². The van der Waals surface area contributed by atoms with Crippen molar-refractivity contribution in [2.75, 3.05) is 13.2 Å². The Morgan fingerprint density at radius 2 is 1.72 bits per heavy atom. The van der Waals surface area contributed by atoms with E-state index < -0.39 is 17.3 Å². The molecule has 0 saturated carbocycles. The van der Waals surface area contributed by atoms with Gasteiger partial charge in [-0.25, -0.2) is 4.79 Å². The maximum absolute atomic E-state index is 12.1. The van der Waals surface area contributed by atoms with Gasteiger partial charge in [0.1, 0.15) is 40.5 Å². The summed E-state index contributed by atoms with van der Waals surface area (Å²) in [6, 6.07) is 16.3. The summed E-state index contributed by atoms with van der Waals surface area (Å²) in [5, 5.41) is 24.8. The van der Waals surface area contributed by atoms with Crippen molar-refractivity contribution in [3.05, 3.63) is 82.9 Å². The Balaban J connectivity index is 1.56. The van der Waals surface area contributed by atoms with E-state index in [-0.39, 0.29) is 11.5 Å². The molecule has 0 radical (unpaired) electrons. The molecule has 3 aromatic carbocycles. The third-order valence-corrected chi connectivity index (χ3v) is 5.65. The minimum atomic E-state index is -1.69. The van der Waals surface area contributed by atoms with Crippen molar-refractivity contribution in [3.8, 4) is 23.0 Å². The van der Waals surface area contributed by atoms with Crippen molar-refractivity contribution in [2.45, 2.75) is 38.4 Å². The number of amides is 1. The minimum absolute atomic E-state index is 0.0203. The summed E-state index contributed by atoms with van der Waals surface area (Å²) in [5.74, 6) is 1.08. The molecule has 0 aliphatic carbocycles. The van der Waals surface area contributed by atoms with Crippen LogP contribution in [0.5, 0.6) is 23.0 Å². The van der Waals surface area contributed by atoms with Crippen LogP contribution in [0.25, 0.3) is 0 Å². The van der Waals surface area contributed by atoms with Gasteiger partial charge in [0.25, 0.3) is 0 Å². The van der Waals surface area contributed by atoms with Gasteiger partial charge in [-0.15, -0.1) is 0 Å². The lowest BCUT2D eigenvalue weighted by Gasteiger charge is -2.37. The number of phenolic OH excluding ortho intramolecular Hbond substituents is 1. The summed E-state index contributed by atoms with van der Waals surface area (Å²) in [6.07, 6.45) is 0.761. The Morgan fingerprint density at radius 3 is 2.44 bits per heavy atom. The number of aliphatic hydroxyl groups is 1. The van der Waals surface area contributed by atoms with Crippen LogP contribution in [-0.4, -0.2) is 41.3 Å². The third kappa shape index (κ3) is 5.13. The Morgan fingerprint density at radius 1 is 1.03 bits per heavy atom.